The van der Waals surface area contributed by atoms with Crippen LogP contribution >= 0.6 is 23.1 Å². The number of sulfone groups is 1. The SMILES string of the molecule is CS(=O)(=O)c1nsc(NC(=O)/C(C#N)=C\c2ccc(OCc3ccc4c(c3)OCO4)c(Cl)c2)n1. The van der Waals surface area contributed by atoms with Crippen LogP contribution in [0.2, 0.25) is 5.02 Å². The zero-order valence-electron chi connectivity index (χ0n) is 17.4. The van der Waals surface area contributed by atoms with Crippen LogP contribution < -0.4 is 19.5 Å². The largest absolute Gasteiger partial charge is 0.487 e. The Labute approximate surface area is 203 Å². The first kappa shape index (κ1) is 23.5. The molecule has 10 nitrogen and oxygen atoms in total. The second-order valence-corrected chi connectivity index (χ2v) is 10.0. The highest BCUT2D eigenvalue weighted by Gasteiger charge is 2.18. The van der Waals surface area contributed by atoms with E-state index in [1.165, 1.54) is 6.08 Å². The number of benzene rings is 2. The normalized spacial score (nSPS) is 12.8. The zero-order chi connectivity index (χ0) is 24.3. The molecule has 0 saturated carbocycles. The lowest BCUT2D eigenvalue weighted by Crippen LogP contribution is -2.13. The van der Waals surface area contributed by atoms with Crippen molar-refractivity contribution in [3.05, 3.63) is 58.1 Å². The van der Waals surface area contributed by atoms with Gasteiger partial charge < -0.3 is 14.2 Å². The number of ether oxygens (including phenoxy) is 3. The lowest BCUT2D eigenvalue weighted by molar-refractivity contribution is -0.112. The van der Waals surface area contributed by atoms with Crippen LogP contribution in [-0.4, -0.2) is 36.7 Å². The van der Waals surface area contributed by atoms with Crippen molar-refractivity contribution in [1.29, 1.82) is 5.26 Å². The van der Waals surface area contributed by atoms with Crippen molar-refractivity contribution in [2.75, 3.05) is 18.4 Å². The molecule has 174 valence electrons. The van der Waals surface area contributed by atoms with Crippen molar-refractivity contribution >= 4 is 50.1 Å². The number of rotatable bonds is 7. The maximum absolute atomic E-state index is 12.4. The van der Waals surface area contributed by atoms with Crippen molar-refractivity contribution in [2.45, 2.75) is 11.8 Å². The molecule has 0 aliphatic carbocycles. The van der Waals surface area contributed by atoms with Gasteiger partial charge in [0.1, 0.15) is 24.0 Å². The fraction of sp³-hybridized carbons (Fsp3) is 0.143. The van der Waals surface area contributed by atoms with E-state index in [2.05, 4.69) is 14.7 Å². The van der Waals surface area contributed by atoms with Crippen molar-refractivity contribution in [2.24, 2.45) is 0 Å². The molecule has 1 N–H and O–H groups in total. The van der Waals surface area contributed by atoms with E-state index < -0.39 is 20.9 Å². The minimum atomic E-state index is -3.61. The Balaban J connectivity index is 1.43. The summed E-state index contributed by atoms with van der Waals surface area (Å²) in [4.78, 5) is 16.1. The van der Waals surface area contributed by atoms with Crippen LogP contribution in [-0.2, 0) is 21.2 Å². The van der Waals surface area contributed by atoms with E-state index in [9.17, 15) is 18.5 Å². The molecule has 0 radical (unpaired) electrons. The van der Waals surface area contributed by atoms with E-state index in [1.807, 2.05) is 12.1 Å². The summed E-state index contributed by atoms with van der Waals surface area (Å²) < 4.78 is 43.0. The standard InChI is InChI=1S/C21H15ClN4O6S2/c1-34(28,29)21-25-20(33-26-21)24-19(27)14(9-23)6-12-2-4-16(15(22)7-12)30-10-13-3-5-17-18(8-13)32-11-31-17/h2-8H,10-11H2,1H3,(H,24,25,26,27)/b14-6-. The number of nitrogens with zero attached hydrogens (tertiary/aromatic N) is 3. The molecule has 1 aromatic heterocycles. The van der Waals surface area contributed by atoms with Crippen molar-refractivity contribution < 1.29 is 27.4 Å². The van der Waals surface area contributed by atoms with Crippen molar-refractivity contribution in [3.8, 4) is 23.3 Å². The number of aromatic nitrogens is 2. The van der Waals surface area contributed by atoms with Gasteiger partial charge in [-0.2, -0.15) is 14.6 Å². The van der Waals surface area contributed by atoms with Crippen LogP contribution in [0.25, 0.3) is 6.08 Å². The highest BCUT2D eigenvalue weighted by molar-refractivity contribution is 7.90. The molecule has 2 heterocycles. The van der Waals surface area contributed by atoms with Gasteiger partial charge in [0.25, 0.3) is 11.1 Å². The minimum absolute atomic E-state index is 0.0446. The maximum Gasteiger partial charge on any atom is 0.268 e. The van der Waals surface area contributed by atoms with E-state index in [0.29, 0.717) is 34.3 Å². The molecule has 2 aromatic carbocycles. The van der Waals surface area contributed by atoms with Crippen molar-refractivity contribution in [1.82, 2.24) is 9.36 Å². The third-order valence-electron chi connectivity index (χ3n) is 4.42. The fourth-order valence-corrected chi connectivity index (χ4v) is 4.49. The highest BCUT2D eigenvalue weighted by atomic mass is 35.5. The number of amides is 1. The average molecular weight is 519 g/mol. The third-order valence-corrected chi connectivity index (χ3v) is 6.31. The molecule has 13 heteroatoms. The van der Waals surface area contributed by atoms with E-state index >= 15 is 0 Å². The summed E-state index contributed by atoms with van der Waals surface area (Å²) in [5, 5.41) is 11.6. The molecule has 34 heavy (non-hydrogen) atoms. The lowest BCUT2D eigenvalue weighted by atomic mass is 10.1. The minimum Gasteiger partial charge on any atom is -0.487 e. The topological polar surface area (TPSA) is 140 Å². The molecule has 3 aromatic rings. The van der Waals surface area contributed by atoms with Crippen LogP contribution in [0.5, 0.6) is 17.2 Å². The summed E-state index contributed by atoms with van der Waals surface area (Å²) in [6.45, 7) is 0.431. The molecule has 0 atom stereocenters. The van der Waals surface area contributed by atoms with Crippen LogP contribution in [0.4, 0.5) is 5.13 Å². The van der Waals surface area contributed by atoms with Gasteiger partial charge in [-0.05, 0) is 41.5 Å². The molecule has 0 unspecified atom stereocenters. The third kappa shape index (κ3) is 5.45. The van der Waals surface area contributed by atoms with E-state index in [1.54, 1.807) is 30.3 Å². The number of hydrogen-bond acceptors (Lipinski definition) is 10. The van der Waals surface area contributed by atoms with Gasteiger partial charge in [-0.1, -0.05) is 23.7 Å². The van der Waals surface area contributed by atoms with E-state index in [0.717, 1.165) is 11.8 Å². The van der Waals surface area contributed by atoms with Gasteiger partial charge in [-0.25, -0.2) is 8.42 Å². The Morgan fingerprint density at radius 2 is 2.09 bits per heavy atom. The van der Waals surface area contributed by atoms with Gasteiger partial charge in [0, 0.05) is 17.8 Å². The van der Waals surface area contributed by atoms with E-state index in [-0.39, 0.29) is 29.1 Å². The molecule has 1 aliphatic rings. The number of carbonyl (C=O) groups is 1. The maximum atomic E-state index is 12.4. The van der Waals surface area contributed by atoms with Gasteiger partial charge in [0.15, 0.2) is 11.5 Å². The number of anilines is 1. The fourth-order valence-electron chi connectivity index (χ4n) is 2.81. The van der Waals surface area contributed by atoms with Gasteiger partial charge in [-0.3, -0.25) is 10.1 Å². The summed E-state index contributed by atoms with van der Waals surface area (Å²) in [5.74, 6) is 0.979. The van der Waals surface area contributed by atoms with Crippen LogP contribution in [0, 0.1) is 11.3 Å². The lowest BCUT2D eigenvalue weighted by Gasteiger charge is -2.09. The molecule has 0 saturated heterocycles. The molecule has 1 amide bonds. The summed E-state index contributed by atoms with van der Waals surface area (Å²) in [6.07, 6.45) is 2.29. The second-order valence-electron chi connectivity index (χ2n) is 6.94. The van der Waals surface area contributed by atoms with Gasteiger partial charge in [0.2, 0.25) is 21.8 Å². The summed E-state index contributed by atoms with van der Waals surface area (Å²) in [5.41, 5.74) is 1.12. The Kier molecular flexibility index (Phi) is 6.69. The van der Waals surface area contributed by atoms with Gasteiger partial charge in [0.05, 0.1) is 5.02 Å². The Hall–Kier alpha value is -3.66. The highest BCUT2D eigenvalue weighted by Crippen LogP contribution is 2.33. The summed E-state index contributed by atoms with van der Waals surface area (Å²) >= 11 is 7.01. The zero-order valence-corrected chi connectivity index (χ0v) is 19.8. The quantitative estimate of drug-likeness (QED) is 0.367. The van der Waals surface area contributed by atoms with Gasteiger partial charge in [-0.15, -0.1) is 0 Å². The van der Waals surface area contributed by atoms with E-state index in [4.69, 9.17) is 25.8 Å². The molecule has 0 fully saturated rings. The Morgan fingerprint density at radius 3 is 2.79 bits per heavy atom. The summed E-state index contributed by atoms with van der Waals surface area (Å²) in [7, 11) is -3.61. The smallest absolute Gasteiger partial charge is 0.268 e. The molecular formula is C21H15ClN4O6S2. The number of halogens is 1. The van der Waals surface area contributed by atoms with Gasteiger partial charge >= 0.3 is 0 Å². The molecule has 0 spiro atoms. The first-order valence-corrected chi connectivity index (χ1v) is 12.5. The first-order chi connectivity index (χ1) is 16.2. The second kappa shape index (κ2) is 9.68. The van der Waals surface area contributed by atoms with Crippen LogP contribution in [0.15, 0.2) is 47.1 Å². The number of nitrogens with one attached hydrogen (secondary N) is 1. The predicted octanol–water partition coefficient (Wildman–Crippen LogP) is 3.45. The molecule has 4 rings (SSSR count). The monoisotopic (exact) mass is 518 g/mol. The Bertz CT molecular complexity index is 1450. The number of nitriles is 1. The van der Waals surface area contributed by atoms with Crippen molar-refractivity contribution in [3.63, 3.8) is 0 Å². The number of fused-ring (bicyclic) bond motifs is 1. The predicted molar refractivity (Wildman–Crippen MR) is 124 cm³/mol. The van der Waals surface area contributed by atoms with Crippen LogP contribution in [0.1, 0.15) is 11.1 Å². The average Bonchev–Trinajstić information content (AvgIpc) is 3.45. The first-order valence-electron chi connectivity index (χ1n) is 9.51. The summed E-state index contributed by atoms with van der Waals surface area (Å²) in [6, 6.07) is 12.1. The van der Waals surface area contributed by atoms with Crippen LogP contribution in [0.3, 0.4) is 0 Å². The molecule has 0 bridgehead atoms. The molecular weight excluding hydrogens is 504 g/mol. The number of hydrogen-bond donors (Lipinski definition) is 1. The molecule has 1 aliphatic heterocycles. The number of carbonyl (C=O) groups excluding carboxylic acids is 1. The Morgan fingerprint density at radius 1 is 1.29 bits per heavy atom.